The highest BCUT2D eigenvalue weighted by atomic mass is 32.1. The van der Waals surface area contributed by atoms with Crippen molar-refractivity contribution in [1.29, 1.82) is 0 Å². The molecule has 2 aliphatic rings. The number of hydrogen-bond donors (Lipinski definition) is 2. The number of carbonyl (C=O) groups is 1. The summed E-state index contributed by atoms with van der Waals surface area (Å²) in [5.74, 6) is -0.0202. The van der Waals surface area contributed by atoms with Crippen molar-refractivity contribution in [3.8, 4) is 0 Å². The number of rotatable bonds is 5. The molecule has 1 saturated heterocycles. The molecule has 4 heterocycles. The average Bonchev–Trinajstić information content (AvgIpc) is 3.28. The summed E-state index contributed by atoms with van der Waals surface area (Å²) in [5, 5.41) is 17.1. The fourth-order valence-electron chi connectivity index (χ4n) is 5.14. The van der Waals surface area contributed by atoms with E-state index in [4.69, 9.17) is 9.72 Å². The Balaban J connectivity index is 1.23. The van der Waals surface area contributed by atoms with Crippen LogP contribution in [0.4, 0.5) is 16.5 Å². The number of aromatic nitrogens is 3. The first kappa shape index (κ1) is 23.8. The number of nitrogens with zero attached hydrogens (tertiary/aromatic N) is 4. The number of nitrogens with one attached hydrogen (secondary N) is 2. The van der Waals surface area contributed by atoms with Gasteiger partial charge in [-0.15, -0.1) is 0 Å². The van der Waals surface area contributed by atoms with E-state index in [9.17, 15) is 4.79 Å². The van der Waals surface area contributed by atoms with Crippen LogP contribution in [-0.2, 0) is 17.6 Å². The Kier molecular flexibility index (Phi) is 6.04. The number of hydrogen-bond acceptors (Lipinski definition) is 8. The summed E-state index contributed by atoms with van der Waals surface area (Å²) in [5.41, 5.74) is 5.61. The lowest BCUT2D eigenvalue weighted by Gasteiger charge is -2.35. The second-order valence-electron chi connectivity index (χ2n) is 10.5. The van der Waals surface area contributed by atoms with Gasteiger partial charge < -0.3 is 20.3 Å². The number of carbonyl (C=O) groups excluding carboxylic acids is 1. The molecule has 1 atom stereocenters. The number of ether oxygens (including phenoxy) is 1. The maximum Gasteiger partial charge on any atom is 0.263 e. The molecule has 0 saturated carbocycles. The molecule has 2 aromatic heterocycles. The van der Waals surface area contributed by atoms with Crippen molar-refractivity contribution in [2.75, 3.05) is 30.0 Å². The van der Waals surface area contributed by atoms with E-state index in [2.05, 4.69) is 62.1 Å². The van der Waals surface area contributed by atoms with Gasteiger partial charge in [0.05, 0.1) is 36.2 Å². The smallest absolute Gasteiger partial charge is 0.263 e. The van der Waals surface area contributed by atoms with Crippen LogP contribution in [0.1, 0.15) is 40.5 Å². The Bertz CT molecular complexity index is 1480. The van der Waals surface area contributed by atoms with Gasteiger partial charge >= 0.3 is 0 Å². The summed E-state index contributed by atoms with van der Waals surface area (Å²) < 4.78 is 5.87. The van der Waals surface area contributed by atoms with Crippen LogP contribution in [0.15, 0.2) is 48.5 Å². The molecule has 1 amide bonds. The van der Waals surface area contributed by atoms with Gasteiger partial charge in [0.25, 0.3) is 5.91 Å². The molecule has 2 aliphatic heterocycles. The highest BCUT2D eigenvalue weighted by molar-refractivity contribution is 7.17. The quantitative estimate of drug-likeness (QED) is 0.400. The van der Waals surface area contributed by atoms with Crippen molar-refractivity contribution in [3.05, 3.63) is 70.4 Å². The van der Waals surface area contributed by atoms with E-state index in [0.717, 1.165) is 63.1 Å². The van der Waals surface area contributed by atoms with Gasteiger partial charge in [-0.2, -0.15) is 10.2 Å². The van der Waals surface area contributed by atoms with E-state index >= 15 is 0 Å². The van der Waals surface area contributed by atoms with Gasteiger partial charge in [-0.1, -0.05) is 29.5 Å². The topological polar surface area (TPSA) is 92.3 Å². The Hall–Kier alpha value is -3.56. The normalized spacial score (nSPS) is 18.9. The van der Waals surface area contributed by atoms with Crippen LogP contribution in [0.25, 0.3) is 10.9 Å². The van der Waals surface area contributed by atoms with Gasteiger partial charge in [-0.3, -0.25) is 4.79 Å². The maximum atomic E-state index is 12.7. The molecule has 2 aromatic carbocycles. The highest BCUT2D eigenvalue weighted by Gasteiger charge is 2.35. The Morgan fingerprint density at radius 3 is 2.95 bits per heavy atom. The lowest BCUT2D eigenvalue weighted by Crippen LogP contribution is -2.48. The molecule has 4 aromatic rings. The van der Waals surface area contributed by atoms with E-state index in [1.807, 2.05) is 32.9 Å². The SMILES string of the molecule is Cc1cc2c(Nc3cccc(CC4COCCN4c4nc5c(s4)C(=O)NC(C)(C)C5)c3)cccc2nn1. The third-order valence-corrected chi connectivity index (χ3v) is 7.99. The summed E-state index contributed by atoms with van der Waals surface area (Å²) in [6.45, 7) is 8.07. The zero-order valence-corrected chi connectivity index (χ0v) is 22.1. The largest absolute Gasteiger partial charge is 0.377 e. The zero-order chi connectivity index (χ0) is 25.6. The molecule has 1 unspecified atom stereocenters. The first-order valence-electron chi connectivity index (χ1n) is 12.6. The third-order valence-electron chi connectivity index (χ3n) is 6.86. The van der Waals surface area contributed by atoms with Crippen LogP contribution >= 0.6 is 11.3 Å². The Morgan fingerprint density at radius 2 is 2.05 bits per heavy atom. The van der Waals surface area contributed by atoms with Crippen molar-refractivity contribution in [3.63, 3.8) is 0 Å². The highest BCUT2D eigenvalue weighted by Crippen LogP contribution is 2.34. The first-order valence-corrected chi connectivity index (χ1v) is 13.4. The summed E-state index contributed by atoms with van der Waals surface area (Å²) >= 11 is 1.50. The van der Waals surface area contributed by atoms with Crippen molar-refractivity contribution in [2.45, 2.75) is 45.2 Å². The van der Waals surface area contributed by atoms with E-state index in [0.29, 0.717) is 13.2 Å². The predicted molar refractivity (Wildman–Crippen MR) is 147 cm³/mol. The minimum Gasteiger partial charge on any atom is -0.377 e. The van der Waals surface area contributed by atoms with E-state index in [1.165, 1.54) is 16.9 Å². The third kappa shape index (κ3) is 4.89. The monoisotopic (exact) mass is 514 g/mol. The number of anilines is 3. The molecule has 0 bridgehead atoms. The molecular weight excluding hydrogens is 484 g/mol. The van der Waals surface area contributed by atoms with Gasteiger partial charge in [-0.05, 0) is 63.1 Å². The lowest BCUT2D eigenvalue weighted by molar-refractivity contribution is 0.0900. The maximum absolute atomic E-state index is 12.7. The molecule has 1 fully saturated rings. The fraction of sp³-hybridized carbons (Fsp3) is 0.357. The molecule has 6 rings (SSSR count). The number of fused-ring (bicyclic) bond motifs is 2. The standard InChI is InChI=1S/C28H30N6O2S/c1-17-12-21-22(8-5-9-23(21)33-32-17)29-19-7-4-6-18(13-19)14-20-16-36-11-10-34(20)27-30-24-15-28(2,3)31-26(35)25(24)37-27/h4-9,12-13,20,29H,10-11,14-16H2,1-3H3,(H,31,35). The molecule has 0 aliphatic carbocycles. The van der Waals surface area contributed by atoms with E-state index in [-0.39, 0.29) is 17.5 Å². The van der Waals surface area contributed by atoms with Crippen LogP contribution in [0.2, 0.25) is 0 Å². The minimum atomic E-state index is -0.275. The summed E-state index contributed by atoms with van der Waals surface area (Å²) in [6.07, 6.45) is 1.56. The predicted octanol–water partition coefficient (Wildman–Crippen LogP) is 4.65. The van der Waals surface area contributed by atoms with Crippen molar-refractivity contribution < 1.29 is 9.53 Å². The van der Waals surface area contributed by atoms with Crippen LogP contribution in [0.5, 0.6) is 0 Å². The number of benzene rings is 2. The summed E-state index contributed by atoms with van der Waals surface area (Å²) in [7, 11) is 0. The molecule has 0 spiro atoms. The van der Waals surface area contributed by atoms with E-state index in [1.54, 1.807) is 0 Å². The zero-order valence-electron chi connectivity index (χ0n) is 21.2. The molecule has 9 heteroatoms. The molecule has 8 nitrogen and oxygen atoms in total. The fourth-order valence-corrected chi connectivity index (χ4v) is 6.21. The van der Waals surface area contributed by atoms with Crippen LogP contribution in [-0.4, -0.2) is 52.4 Å². The van der Waals surface area contributed by atoms with Crippen molar-refractivity contribution in [2.24, 2.45) is 0 Å². The van der Waals surface area contributed by atoms with Crippen LogP contribution in [0, 0.1) is 6.92 Å². The number of aryl methyl sites for hydroxylation is 1. The van der Waals surface area contributed by atoms with Gasteiger partial charge in [-0.25, -0.2) is 4.98 Å². The average molecular weight is 515 g/mol. The van der Waals surface area contributed by atoms with E-state index < -0.39 is 0 Å². The lowest BCUT2D eigenvalue weighted by atomic mass is 9.94. The molecule has 37 heavy (non-hydrogen) atoms. The van der Waals surface area contributed by atoms with Gasteiger partial charge in [0.15, 0.2) is 5.13 Å². The molecule has 190 valence electrons. The van der Waals surface area contributed by atoms with Gasteiger partial charge in [0.1, 0.15) is 4.88 Å². The van der Waals surface area contributed by atoms with Gasteiger partial charge in [0, 0.05) is 35.3 Å². The summed E-state index contributed by atoms with van der Waals surface area (Å²) in [4.78, 5) is 20.6. The second-order valence-corrected chi connectivity index (χ2v) is 11.4. The summed E-state index contributed by atoms with van der Waals surface area (Å²) in [6, 6.07) is 16.7. The number of morpholine rings is 1. The number of amides is 1. The number of thiazole rings is 1. The Morgan fingerprint density at radius 1 is 1.19 bits per heavy atom. The molecule has 0 radical (unpaired) electrons. The molecular formula is C28H30N6O2S. The van der Waals surface area contributed by atoms with Crippen LogP contribution < -0.4 is 15.5 Å². The van der Waals surface area contributed by atoms with Crippen molar-refractivity contribution >= 4 is 44.7 Å². The first-order chi connectivity index (χ1) is 17.8. The van der Waals surface area contributed by atoms with Crippen molar-refractivity contribution in [1.82, 2.24) is 20.5 Å². The second kappa shape index (κ2) is 9.39. The van der Waals surface area contributed by atoms with Crippen LogP contribution in [0.3, 0.4) is 0 Å². The molecule has 2 N–H and O–H groups in total. The van der Waals surface area contributed by atoms with Gasteiger partial charge in [0.2, 0.25) is 0 Å². The Labute approximate surface area is 220 Å². The minimum absolute atomic E-state index is 0.0202.